The maximum absolute atomic E-state index is 12.7. The normalized spacial score (nSPS) is 10.8. The number of benzene rings is 1. The van der Waals surface area contributed by atoms with Gasteiger partial charge in [0.05, 0.1) is 11.1 Å². The van der Waals surface area contributed by atoms with Crippen molar-refractivity contribution >= 4 is 16.9 Å². The summed E-state index contributed by atoms with van der Waals surface area (Å²) in [7, 11) is 1.82. The fourth-order valence-electron chi connectivity index (χ4n) is 2.96. The van der Waals surface area contributed by atoms with Gasteiger partial charge in [-0.1, -0.05) is 30.3 Å². The number of hydrogen-bond acceptors (Lipinski definition) is 4. The van der Waals surface area contributed by atoms with E-state index >= 15 is 0 Å². The van der Waals surface area contributed by atoms with Crippen LogP contribution >= 0.6 is 0 Å². The smallest absolute Gasteiger partial charge is 0.253 e. The maximum atomic E-state index is 12.7. The molecule has 0 bridgehead atoms. The van der Waals surface area contributed by atoms with Gasteiger partial charge in [0.25, 0.3) is 5.91 Å². The molecule has 3 heterocycles. The number of hydrogen-bond donors (Lipinski definition) is 1. The summed E-state index contributed by atoms with van der Waals surface area (Å²) in [5.41, 5.74) is 4.67. The molecule has 6 nitrogen and oxygen atoms in total. The number of carbonyl (C=O) groups is 1. The van der Waals surface area contributed by atoms with Crippen LogP contribution in [0.2, 0.25) is 0 Å². The maximum Gasteiger partial charge on any atom is 0.253 e. The Morgan fingerprint density at radius 2 is 1.81 bits per heavy atom. The predicted octanol–water partition coefficient (Wildman–Crippen LogP) is 2.96. The fourth-order valence-corrected chi connectivity index (χ4v) is 2.96. The highest BCUT2D eigenvalue weighted by Crippen LogP contribution is 2.27. The van der Waals surface area contributed by atoms with Gasteiger partial charge in [-0.05, 0) is 23.8 Å². The lowest BCUT2D eigenvalue weighted by molar-refractivity contribution is 0.0952. The molecule has 0 aliphatic carbocycles. The van der Waals surface area contributed by atoms with Crippen molar-refractivity contribution in [2.75, 3.05) is 0 Å². The zero-order valence-corrected chi connectivity index (χ0v) is 14.3. The summed E-state index contributed by atoms with van der Waals surface area (Å²) in [4.78, 5) is 21.2. The van der Waals surface area contributed by atoms with Gasteiger partial charge in [-0.2, -0.15) is 5.10 Å². The van der Waals surface area contributed by atoms with Crippen LogP contribution in [0.5, 0.6) is 0 Å². The average Bonchev–Trinajstić information content (AvgIpc) is 3.04. The summed E-state index contributed by atoms with van der Waals surface area (Å²) in [6.45, 7) is 0.471. The minimum absolute atomic E-state index is 0.148. The molecule has 128 valence electrons. The Balaban J connectivity index is 1.70. The van der Waals surface area contributed by atoms with Gasteiger partial charge in [0.1, 0.15) is 11.2 Å². The van der Waals surface area contributed by atoms with Crippen molar-refractivity contribution in [2.24, 2.45) is 7.05 Å². The number of pyridine rings is 2. The van der Waals surface area contributed by atoms with Crippen LogP contribution in [0, 0.1) is 0 Å². The SMILES string of the molecule is Cn1nc(-c2ccncc2)c2nccc(C(=O)NCc3ccccc3)c21. The van der Waals surface area contributed by atoms with E-state index in [1.54, 1.807) is 29.3 Å². The molecule has 3 aromatic heterocycles. The standard InChI is InChI=1S/C20H17N5O/c1-25-19-16(20(26)23-13-14-5-3-2-4-6-14)9-12-22-18(19)17(24-25)15-7-10-21-11-8-15/h2-12H,13H2,1H3,(H,23,26). The van der Waals surface area contributed by atoms with Gasteiger partial charge in [-0.3, -0.25) is 19.4 Å². The third-order valence-corrected chi connectivity index (χ3v) is 4.22. The summed E-state index contributed by atoms with van der Waals surface area (Å²) in [5, 5.41) is 7.53. The van der Waals surface area contributed by atoms with E-state index in [0.29, 0.717) is 23.1 Å². The molecular formula is C20H17N5O. The second-order valence-corrected chi connectivity index (χ2v) is 5.93. The van der Waals surface area contributed by atoms with Crippen molar-refractivity contribution in [1.29, 1.82) is 0 Å². The number of nitrogens with zero attached hydrogens (tertiary/aromatic N) is 4. The second kappa shape index (κ2) is 6.76. The van der Waals surface area contributed by atoms with Crippen molar-refractivity contribution in [3.63, 3.8) is 0 Å². The highest BCUT2D eigenvalue weighted by molar-refractivity contribution is 6.07. The predicted molar refractivity (Wildman–Crippen MR) is 99.4 cm³/mol. The molecule has 1 N–H and O–H groups in total. The summed E-state index contributed by atoms with van der Waals surface area (Å²) in [6.07, 6.45) is 5.07. The lowest BCUT2D eigenvalue weighted by Crippen LogP contribution is -2.23. The number of aryl methyl sites for hydroxylation is 1. The Kier molecular flexibility index (Phi) is 4.15. The molecule has 0 aliphatic heterocycles. The number of fused-ring (bicyclic) bond motifs is 1. The van der Waals surface area contributed by atoms with E-state index in [4.69, 9.17) is 0 Å². The number of amides is 1. The van der Waals surface area contributed by atoms with Crippen molar-refractivity contribution in [1.82, 2.24) is 25.1 Å². The highest BCUT2D eigenvalue weighted by atomic mass is 16.1. The minimum atomic E-state index is -0.148. The van der Waals surface area contributed by atoms with Crippen LogP contribution in [0.4, 0.5) is 0 Å². The molecule has 6 heteroatoms. The Morgan fingerprint density at radius 1 is 1.04 bits per heavy atom. The first-order valence-electron chi connectivity index (χ1n) is 8.28. The molecule has 26 heavy (non-hydrogen) atoms. The van der Waals surface area contributed by atoms with E-state index < -0.39 is 0 Å². The largest absolute Gasteiger partial charge is 0.348 e. The molecule has 4 aromatic rings. The van der Waals surface area contributed by atoms with E-state index in [2.05, 4.69) is 20.4 Å². The number of aromatic nitrogens is 4. The van der Waals surface area contributed by atoms with E-state index in [0.717, 1.165) is 16.8 Å². The van der Waals surface area contributed by atoms with Crippen molar-refractivity contribution < 1.29 is 4.79 Å². The molecule has 1 aromatic carbocycles. The summed E-state index contributed by atoms with van der Waals surface area (Å²) >= 11 is 0. The fraction of sp³-hybridized carbons (Fsp3) is 0.100. The van der Waals surface area contributed by atoms with Crippen LogP contribution in [0.15, 0.2) is 67.1 Å². The van der Waals surface area contributed by atoms with Gasteiger partial charge in [0, 0.05) is 37.7 Å². The molecule has 0 aliphatic rings. The summed E-state index contributed by atoms with van der Waals surface area (Å²) in [6, 6.07) is 15.3. The molecule has 0 atom stereocenters. The zero-order chi connectivity index (χ0) is 17.9. The molecule has 0 radical (unpaired) electrons. The summed E-state index contributed by atoms with van der Waals surface area (Å²) < 4.78 is 1.70. The van der Waals surface area contributed by atoms with Crippen LogP contribution in [-0.2, 0) is 13.6 Å². The van der Waals surface area contributed by atoms with Gasteiger partial charge >= 0.3 is 0 Å². The van der Waals surface area contributed by atoms with Crippen LogP contribution in [-0.4, -0.2) is 25.7 Å². The van der Waals surface area contributed by atoms with Crippen LogP contribution in [0.25, 0.3) is 22.3 Å². The van der Waals surface area contributed by atoms with Gasteiger partial charge in [0.15, 0.2) is 0 Å². The lowest BCUT2D eigenvalue weighted by Gasteiger charge is -2.07. The third-order valence-electron chi connectivity index (χ3n) is 4.22. The molecule has 0 unspecified atom stereocenters. The number of carbonyl (C=O) groups excluding carboxylic acids is 1. The van der Waals surface area contributed by atoms with Gasteiger partial charge < -0.3 is 5.32 Å². The first-order valence-corrected chi connectivity index (χ1v) is 8.28. The minimum Gasteiger partial charge on any atom is -0.348 e. The van der Waals surface area contributed by atoms with Gasteiger partial charge in [-0.15, -0.1) is 0 Å². The Morgan fingerprint density at radius 3 is 2.58 bits per heavy atom. The molecule has 0 saturated carbocycles. The average molecular weight is 343 g/mol. The molecule has 0 saturated heterocycles. The van der Waals surface area contributed by atoms with Crippen molar-refractivity contribution in [3.05, 3.63) is 78.2 Å². The van der Waals surface area contributed by atoms with Gasteiger partial charge in [-0.25, -0.2) is 0 Å². The van der Waals surface area contributed by atoms with E-state index in [9.17, 15) is 4.79 Å². The summed E-state index contributed by atoms with van der Waals surface area (Å²) in [5.74, 6) is -0.148. The highest BCUT2D eigenvalue weighted by Gasteiger charge is 2.18. The van der Waals surface area contributed by atoms with E-state index in [1.165, 1.54) is 0 Å². The van der Waals surface area contributed by atoms with E-state index in [1.807, 2.05) is 49.5 Å². The second-order valence-electron chi connectivity index (χ2n) is 5.93. The number of rotatable bonds is 4. The molecule has 0 fully saturated rings. The number of nitrogens with one attached hydrogen (secondary N) is 1. The third kappa shape index (κ3) is 2.93. The molecule has 1 amide bonds. The first-order chi connectivity index (χ1) is 12.7. The zero-order valence-electron chi connectivity index (χ0n) is 14.3. The van der Waals surface area contributed by atoms with E-state index in [-0.39, 0.29) is 5.91 Å². The Bertz CT molecular complexity index is 1060. The monoisotopic (exact) mass is 343 g/mol. The quantitative estimate of drug-likeness (QED) is 0.618. The van der Waals surface area contributed by atoms with Crippen LogP contribution in [0.1, 0.15) is 15.9 Å². The molecule has 0 spiro atoms. The Hall–Kier alpha value is -3.54. The van der Waals surface area contributed by atoms with Crippen LogP contribution < -0.4 is 5.32 Å². The van der Waals surface area contributed by atoms with Crippen molar-refractivity contribution in [2.45, 2.75) is 6.54 Å². The first kappa shape index (κ1) is 16.0. The topological polar surface area (TPSA) is 72.7 Å². The molecular weight excluding hydrogens is 326 g/mol. The van der Waals surface area contributed by atoms with Gasteiger partial charge in [0.2, 0.25) is 0 Å². The van der Waals surface area contributed by atoms with Crippen LogP contribution in [0.3, 0.4) is 0 Å². The Labute approximate surface area is 150 Å². The lowest BCUT2D eigenvalue weighted by atomic mass is 10.1. The van der Waals surface area contributed by atoms with Crippen molar-refractivity contribution in [3.8, 4) is 11.3 Å². The molecule has 4 rings (SSSR count).